The molecule has 1 atom stereocenters. The second-order valence-electron chi connectivity index (χ2n) is 6.20. The summed E-state index contributed by atoms with van der Waals surface area (Å²) in [7, 11) is 0. The maximum absolute atomic E-state index is 12.1. The molecule has 1 unspecified atom stereocenters. The molecule has 0 radical (unpaired) electrons. The van der Waals surface area contributed by atoms with Crippen LogP contribution in [-0.2, 0) is 4.79 Å². The highest BCUT2D eigenvalue weighted by Gasteiger charge is 2.31. The predicted octanol–water partition coefficient (Wildman–Crippen LogP) is 2.21. The highest BCUT2D eigenvalue weighted by Crippen LogP contribution is 2.32. The van der Waals surface area contributed by atoms with Crippen molar-refractivity contribution in [2.24, 2.45) is 11.7 Å². The van der Waals surface area contributed by atoms with Crippen LogP contribution in [0, 0.1) is 5.92 Å². The molecule has 0 spiro atoms. The molecule has 104 valence electrons. The van der Waals surface area contributed by atoms with Crippen LogP contribution in [0.15, 0.2) is 24.3 Å². The number of para-hydroxylation sites is 2. The molecule has 1 fully saturated rings. The third kappa shape index (κ3) is 3.26. The second kappa shape index (κ2) is 5.21. The monoisotopic (exact) mass is 261 g/mol. The molecule has 19 heavy (non-hydrogen) atoms. The number of nitrogens with zero attached hydrogens (tertiary/aromatic N) is 1. The number of hydrogen-bond donors (Lipinski definition) is 2. The predicted molar refractivity (Wildman–Crippen MR) is 79.3 cm³/mol. The lowest BCUT2D eigenvalue weighted by atomic mass is 10.1. The van der Waals surface area contributed by atoms with Crippen molar-refractivity contribution in [3.05, 3.63) is 24.3 Å². The summed E-state index contributed by atoms with van der Waals surface area (Å²) in [5, 5.41) is 3.45. The highest BCUT2D eigenvalue weighted by molar-refractivity contribution is 5.98. The van der Waals surface area contributed by atoms with Crippen LogP contribution in [0.2, 0.25) is 0 Å². The summed E-state index contributed by atoms with van der Waals surface area (Å²) < 4.78 is 0. The van der Waals surface area contributed by atoms with Crippen molar-refractivity contribution in [2.45, 2.75) is 32.7 Å². The Bertz CT molecular complexity index is 465. The zero-order valence-corrected chi connectivity index (χ0v) is 11.9. The third-order valence-corrected chi connectivity index (χ3v) is 3.24. The van der Waals surface area contributed by atoms with Crippen LogP contribution in [0.5, 0.6) is 0 Å². The van der Waals surface area contributed by atoms with Gasteiger partial charge >= 0.3 is 0 Å². The summed E-state index contributed by atoms with van der Waals surface area (Å²) in [6.07, 6.45) is 0.556. The number of amides is 1. The summed E-state index contributed by atoms with van der Waals surface area (Å²) in [5.41, 5.74) is 7.60. The number of hydrogen-bond acceptors (Lipinski definition) is 3. The number of nitrogens with two attached hydrogens (primary N) is 1. The summed E-state index contributed by atoms with van der Waals surface area (Å²) in [6.45, 7) is 7.62. The molecule has 1 heterocycles. The van der Waals surface area contributed by atoms with Crippen molar-refractivity contribution >= 4 is 17.3 Å². The average Bonchev–Trinajstić information content (AvgIpc) is 2.69. The van der Waals surface area contributed by atoms with Crippen molar-refractivity contribution in [3.63, 3.8) is 0 Å². The zero-order chi connectivity index (χ0) is 14.0. The standard InChI is InChI=1S/C15H23N3O/c1-15(2,3)17-12-6-4-5-7-13(12)18-10-11(9-16)8-14(18)19/h4-7,11,17H,8-10,16H2,1-3H3. The molecule has 1 aliphatic heterocycles. The van der Waals surface area contributed by atoms with Gasteiger partial charge in [-0.15, -0.1) is 0 Å². The van der Waals surface area contributed by atoms with E-state index in [1.807, 2.05) is 29.2 Å². The van der Waals surface area contributed by atoms with Crippen molar-refractivity contribution in [1.29, 1.82) is 0 Å². The zero-order valence-electron chi connectivity index (χ0n) is 11.9. The van der Waals surface area contributed by atoms with Crippen LogP contribution < -0.4 is 16.0 Å². The Labute approximate surface area is 115 Å². The molecule has 0 aromatic heterocycles. The van der Waals surface area contributed by atoms with Crippen LogP contribution in [0.25, 0.3) is 0 Å². The van der Waals surface area contributed by atoms with Crippen molar-refractivity contribution in [2.75, 3.05) is 23.3 Å². The number of carbonyl (C=O) groups is 1. The summed E-state index contributed by atoms with van der Waals surface area (Å²) >= 11 is 0. The van der Waals surface area contributed by atoms with Gasteiger partial charge in [0.05, 0.1) is 11.4 Å². The van der Waals surface area contributed by atoms with E-state index in [-0.39, 0.29) is 17.4 Å². The largest absolute Gasteiger partial charge is 0.379 e. The first-order chi connectivity index (χ1) is 8.90. The van der Waals surface area contributed by atoms with E-state index in [1.54, 1.807) is 0 Å². The molecule has 1 amide bonds. The third-order valence-electron chi connectivity index (χ3n) is 3.24. The molecule has 0 aliphatic carbocycles. The molecule has 0 bridgehead atoms. The van der Waals surface area contributed by atoms with Gasteiger partial charge in [-0.25, -0.2) is 0 Å². The van der Waals surface area contributed by atoms with Crippen molar-refractivity contribution in [3.8, 4) is 0 Å². The molecule has 4 heteroatoms. The first kappa shape index (κ1) is 13.9. The minimum atomic E-state index is -0.0356. The molecular weight excluding hydrogens is 238 g/mol. The van der Waals surface area contributed by atoms with E-state index in [2.05, 4.69) is 26.1 Å². The molecule has 0 saturated carbocycles. The van der Waals surface area contributed by atoms with Gasteiger partial charge in [-0.3, -0.25) is 4.79 Å². The first-order valence-electron chi connectivity index (χ1n) is 6.78. The van der Waals surface area contributed by atoms with Gasteiger partial charge in [0.1, 0.15) is 0 Å². The van der Waals surface area contributed by atoms with E-state index < -0.39 is 0 Å². The fraction of sp³-hybridized carbons (Fsp3) is 0.533. The van der Waals surface area contributed by atoms with E-state index in [9.17, 15) is 4.79 Å². The quantitative estimate of drug-likeness (QED) is 0.877. The van der Waals surface area contributed by atoms with Gasteiger partial charge in [0.25, 0.3) is 0 Å². The summed E-state index contributed by atoms with van der Waals surface area (Å²) in [5.74, 6) is 0.439. The molecule has 1 aliphatic rings. The minimum absolute atomic E-state index is 0.0356. The Morgan fingerprint density at radius 2 is 2.05 bits per heavy atom. The number of benzene rings is 1. The van der Waals surface area contributed by atoms with Crippen LogP contribution in [-0.4, -0.2) is 24.5 Å². The Morgan fingerprint density at radius 3 is 2.63 bits per heavy atom. The van der Waals surface area contributed by atoms with Gasteiger partial charge in [0.15, 0.2) is 0 Å². The molecule has 3 N–H and O–H groups in total. The van der Waals surface area contributed by atoms with E-state index >= 15 is 0 Å². The SMILES string of the molecule is CC(C)(C)Nc1ccccc1N1CC(CN)CC1=O. The Morgan fingerprint density at radius 1 is 1.37 bits per heavy atom. The Kier molecular flexibility index (Phi) is 3.80. The van der Waals surface area contributed by atoms with Crippen molar-refractivity contribution in [1.82, 2.24) is 0 Å². The lowest BCUT2D eigenvalue weighted by Crippen LogP contribution is -2.30. The lowest BCUT2D eigenvalue weighted by Gasteiger charge is -2.27. The summed E-state index contributed by atoms with van der Waals surface area (Å²) in [6, 6.07) is 7.96. The van der Waals surface area contributed by atoms with Gasteiger partial charge < -0.3 is 16.0 Å². The molecule has 1 saturated heterocycles. The average molecular weight is 261 g/mol. The maximum Gasteiger partial charge on any atom is 0.227 e. The normalized spacial score (nSPS) is 19.9. The Balaban J connectivity index is 2.27. The number of rotatable bonds is 3. The minimum Gasteiger partial charge on any atom is -0.379 e. The maximum atomic E-state index is 12.1. The first-order valence-corrected chi connectivity index (χ1v) is 6.78. The van der Waals surface area contributed by atoms with Crippen LogP contribution in [0.1, 0.15) is 27.2 Å². The van der Waals surface area contributed by atoms with Gasteiger partial charge in [-0.05, 0) is 45.4 Å². The number of nitrogens with one attached hydrogen (secondary N) is 1. The van der Waals surface area contributed by atoms with E-state index in [4.69, 9.17) is 5.73 Å². The molecule has 1 aromatic rings. The Hall–Kier alpha value is -1.55. The molecular formula is C15H23N3O. The topological polar surface area (TPSA) is 58.4 Å². The highest BCUT2D eigenvalue weighted by atomic mass is 16.2. The lowest BCUT2D eigenvalue weighted by molar-refractivity contribution is -0.117. The van der Waals surface area contributed by atoms with Gasteiger partial charge in [-0.1, -0.05) is 12.1 Å². The van der Waals surface area contributed by atoms with E-state index in [0.717, 1.165) is 17.9 Å². The van der Waals surface area contributed by atoms with E-state index in [1.165, 1.54) is 0 Å². The molecule has 1 aromatic carbocycles. The molecule has 2 rings (SSSR count). The number of carbonyl (C=O) groups excluding carboxylic acids is 1. The number of anilines is 2. The van der Waals surface area contributed by atoms with E-state index in [0.29, 0.717) is 13.0 Å². The molecule has 4 nitrogen and oxygen atoms in total. The van der Waals surface area contributed by atoms with Gasteiger partial charge in [-0.2, -0.15) is 0 Å². The smallest absolute Gasteiger partial charge is 0.227 e. The van der Waals surface area contributed by atoms with Crippen LogP contribution in [0.4, 0.5) is 11.4 Å². The fourth-order valence-corrected chi connectivity index (χ4v) is 2.39. The van der Waals surface area contributed by atoms with Crippen molar-refractivity contribution < 1.29 is 4.79 Å². The van der Waals surface area contributed by atoms with Crippen LogP contribution in [0.3, 0.4) is 0 Å². The van der Waals surface area contributed by atoms with Crippen LogP contribution >= 0.6 is 0 Å². The fourth-order valence-electron chi connectivity index (χ4n) is 2.39. The van der Waals surface area contributed by atoms with Gasteiger partial charge in [0, 0.05) is 18.5 Å². The second-order valence-corrected chi connectivity index (χ2v) is 6.20. The van der Waals surface area contributed by atoms with Gasteiger partial charge in [0.2, 0.25) is 5.91 Å². The summed E-state index contributed by atoms with van der Waals surface area (Å²) in [4.78, 5) is 14.0.